The number of carbonyl (C=O) groups is 3. The molecule has 0 saturated carbocycles. The van der Waals surface area contributed by atoms with Gasteiger partial charge in [0.1, 0.15) is 11.5 Å². The van der Waals surface area contributed by atoms with Crippen molar-refractivity contribution in [1.82, 2.24) is 5.43 Å². The van der Waals surface area contributed by atoms with Gasteiger partial charge in [-0.2, -0.15) is 5.10 Å². The summed E-state index contributed by atoms with van der Waals surface area (Å²) in [6, 6.07) is 25.4. The number of esters is 2. The lowest BCUT2D eigenvalue weighted by Gasteiger charge is -2.08. The Balaban J connectivity index is 1.39. The summed E-state index contributed by atoms with van der Waals surface area (Å²) in [4.78, 5) is 47.6. The Kier molecular flexibility index (Phi) is 9.09. The van der Waals surface area contributed by atoms with Crippen molar-refractivity contribution in [3.05, 3.63) is 141 Å². The van der Waals surface area contributed by atoms with E-state index in [1.54, 1.807) is 66.7 Å². The summed E-state index contributed by atoms with van der Waals surface area (Å²) in [6.07, 6.45) is 3.97. The molecule has 10 heteroatoms. The van der Waals surface area contributed by atoms with Crippen molar-refractivity contribution < 1.29 is 28.8 Å². The Bertz CT molecular complexity index is 1660. The van der Waals surface area contributed by atoms with Crippen molar-refractivity contribution in [2.24, 2.45) is 5.10 Å². The minimum atomic E-state index is -0.694. The molecule has 0 unspecified atom stereocenters. The number of ether oxygens (including phenoxy) is 2. The lowest BCUT2D eigenvalue weighted by molar-refractivity contribution is -0.384. The van der Waals surface area contributed by atoms with Crippen LogP contribution in [0.4, 0.5) is 5.69 Å². The molecule has 0 fully saturated rings. The molecule has 0 aliphatic heterocycles. The minimum absolute atomic E-state index is 0.137. The fraction of sp³-hybridized carbons (Fsp3) is 0.0323. The van der Waals surface area contributed by atoms with Gasteiger partial charge in [0.25, 0.3) is 11.6 Å². The maximum Gasteiger partial charge on any atom is 0.343 e. The molecule has 0 aliphatic carbocycles. The molecule has 41 heavy (non-hydrogen) atoms. The Labute approximate surface area is 234 Å². The molecule has 0 heterocycles. The highest BCUT2D eigenvalue weighted by atomic mass is 16.6. The number of hydrazone groups is 1. The number of non-ortho nitro benzene ring substituents is 1. The number of nitro benzene ring substituents is 1. The van der Waals surface area contributed by atoms with Crippen molar-refractivity contribution >= 4 is 35.8 Å². The summed E-state index contributed by atoms with van der Waals surface area (Å²) in [5.74, 6) is -1.32. The van der Waals surface area contributed by atoms with E-state index in [-0.39, 0.29) is 22.7 Å². The van der Waals surface area contributed by atoms with Gasteiger partial charge in [-0.05, 0) is 55.5 Å². The average molecular weight is 550 g/mol. The maximum absolute atomic E-state index is 12.6. The molecule has 0 bridgehead atoms. The smallest absolute Gasteiger partial charge is 0.343 e. The molecule has 0 aliphatic rings. The quantitative estimate of drug-likeness (QED) is 0.0726. The number of benzene rings is 4. The monoisotopic (exact) mass is 549 g/mol. The molecule has 0 radical (unpaired) electrons. The number of para-hydroxylation sites is 2. The molecule has 204 valence electrons. The number of hydrogen-bond donors (Lipinski definition) is 1. The normalized spacial score (nSPS) is 10.9. The zero-order chi connectivity index (χ0) is 29.2. The van der Waals surface area contributed by atoms with Crippen molar-refractivity contribution in [3.8, 4) is 11.5 Å². The van der Waals surface area contributed by atoms with Gasteiger partial charge in [-0.25, -0.2) is 15.0 Å². The molecule has 1 amide bonds. The van der Waals surface area contributed by atoms with E-state index in [1.807, 2.05) is 13.0 Å². The van der Waals surface area contributed by atoms with Crippen molar-refractivity contribution in [3.63, 3.8) is 0 Å². The molecule has 4 aromatic carbocycles. The number of carbonyl (C=O) groups excluding carboxylic acids is 3. The number of amides is 1. The molecular formula is C31H23N3O7. The standard InChI is InChI=1S/C31H23N3O7/c1-21-7-6-10-24(19-21)31(37)41-27-11-4-2-8-22(27)15-18-29(35)40-28-12-5-3-9-25(28)20-32-33-30(36)23-13-16-26(17-14-23)34(38)39/h2-20H,1H3,(H,33,36)/b18-15+,32-20+. The van der Waals surface area contributed by atoms with Gasteiger partial charge in [-0.1, -0.05) is 48.0 Å². The first kappa shape index (κ1) is 28.1. The Hall–Kier alpha value is -5.90. The topological polar surface area (TPSA) is 137 Å². The first-order valence-electron chi connectivity index (χ1n) is 12.2. The summed E-state index contributed by atoms with van der Waals surface area (Å²) in [6.45, 7) is 1.88. The van der Waals surface area contributed by atoms with E-state index in [1.165, 1.54) is 42.6 Å². The first-order chi connectivity index (χ1) is 19.8. The van der Waals surface area contributed by atoms with E-state index in [0.717, 1.165) is 5.56 Å². The van der Waals surface area contributed by atoms with Crippen LogP contribution in [0.5, 0.6) is 11.5 Å². The number of aryl methyl sites for hydroxylation is 1. The molecule has 0 saturated heterocycles. The molecule has 0 atom stereocenters. The van der Waals surface area contributed by atoms with E-state index in [2.05, 4.69) is 10.5 Å². The summed E-state index contributed by atoms with van der Waals surface area (Å²) in [7, 11) is 0. The predicted molar refractivity (Wildman–Crippen MR) is 152 cm³/mol. The van der Waals surface area contributed by atoms with Crippen LogP contribution >= 0.6 is 0 Å². The number of nitrogens with one attached hydrogen (secondary N) is 1. The zero-order valence-corrected chi connectivity index (χ0v) is 21.7. The summed E-state index contributed by atoms with van der Waals surface area (Å²) < 4.78 is 11.0. The van der Waals surface area contributed by atoms with Gasteiger partial charge >= 0.3 is 11.9 Å². The molecule has 0 spiro atoms. The maximum atomic E-state index is 12.6. The van der Waals surface area contributed by atoms with E-state index in [4.69, 9.17) is 9.47 Å². The molecule has 0 aromatic heterocycles. The number of rotatable bonds is 9. The lowest BCUT2D eigenvalue weighted by atomic mass is 10.1. The van der Waals surface area contributed by atoms with Gasteiger partial charge in [-0.3, -0.25) is 14.9 Å². The Morgan fingerprint density at radius 1 is 0.805 bits per heavy atom. The fourth-order valence-corrected chi connectivity index (χ4v) is 3.58. The third-order valence-corrected chi connectivity index (χ3v) is 5.61. The third-order valence-electron chi connectivity index (χ3n) is 5.61. The number of nitrogens with zero attached hydrogens (tertiary/aromatic N) is 2. The van der Waals surface area contributed by atoms with E-state index in [9.17, 15) is 24.5 Å². The van der Waals surface area contributed by atoms with E-state index >= 15 is 0 Å². The lowest BCUT2D eigenvalue weighted by Crippen LogP contribution is -2.17. The van der Waals surface area contributed by atoms with Crippen LogP contribution in [0, 0.1) is 17.0 Å². The Morgan fingerprint density at radius 3 is 2.15 bits per heavy atom. The highest BCUT2D eigenvalue weighted by Gasteiger charge is 2.12. The fourth-order valence-electron chi connectivity index (χ4n) is 3.58. The van der Waals surface area contributed by atoms with Crippen molar-refractivity contribution in [1.29, 1.82) is 0 Å². The minimum Gasteiger partial charge on any atom is -0.423 e. The van der Waals surface area contributed by atoms with Crippen LogP contribution in [0.25, 0.3) is 6.08 Å². The van der Waals surface area contributed by atoms with Gasteiger partial charge < -0.3 is 9.47 Å². The van der Waals surface area contributed by atoms with Crippen LogP contribution in [0.1, 0.15) is 37.4 Å². The zero-order valence-electron chi connectivity index (χ0n) is 21.7. The SMILES string of the molecule is Cc1cccc(C(=O)Oc2ccccc2/C=C/C(=O)Oc2ccccc2/C=N/NC(=O)c2ccc([N+](=O)[O-])cc2)c1. The van der Waals surface area contributed by atoms with Gasteiger partial charge in [0.05, 0.1) is 16.7 Å². The van der Waals surface area contributed by atoms with Gasteiger partial charge in [-0.15, -0.1) is 0 Å². The second-order valence-electron chi connectivity index (χ2n) is 8.59. The molecule has 4 aromatic rings. The van der Waals surface area contributed by atoms with E-state index in [0.29, 0.717) is 16.7 Å². The molecule has 1 N–H and O–H groups in total. The third kappa shape index (κ3) is 7.80. The Morgan fingerprint density at radius 2 is 1.46 bits per heavy atom. The first-order valence-corrected chi connectivity index (χ1v) is 12.2. The summed E-state index contributed by atoms with van der Waals surface area (Å²) >= 11 is 0. The van der Waals surface area contributed by atoms with Crippen LogP contribution in [-0.4, -0.2) is 29.0 Å². The molecular weight excluding hydrogens is 526 g/mol. The van der Waals surface area contributed by atoms with Gasteiger partial charge in [0.2, 0.25) is 0 Å². The average Bonchev–Trinajstić information content (AvgIpc) is 2.97. The van der Waals surface area contributed by atoms with Crippen LogP contribution < -0.4 is 14.9 Å². The highest BCUT2D eigenvalue weighted by Crippen LogP contribution is 2.22. The second kappa shape index (κ2) is 13.3. The van der Waals surface area contributed by atoms with E-state index < -0.39 is 22.8 Å². The van der Waals surface area contributed by atoms with Crippen LogP contribution in [0.15, 0.2) is 108 Å². The largest absolute Gasteiger partial charge is 0.423 e. The van der Waals surface area contributed by atoms with Crippen molar-refractivity contribution in [2.75, 3.05) is 0 Å². The van der Waals surface area contributed by atoms with Gasteiger partial charge in [0.15, 0.2) is 0 Å². The summed E-state index contributed by atoms with van der Waals surface area (Å²) in [5.41, 5.74) is 4.60. The molecule has 10 nitrogen and oxygen atoms in total. The number of hydrogen-bond acceptors (Lipinski definition) is 8. The van der Waals surface area contributed by atoms with Crippen LogP contribution in [0.2, 0.25) is 0 Å². The molecule has 4 rings (SSSR count). The van der Waals surface area contributed by atoms with Crippen LogP contribution in [0.3, 0.4) is 0 Å². The van der Waals surface area contributed by atoms with Gasteiger partial charge in [0, 0.05) is 34.9 Å². The number of nitro groups is 1. The predicted octanol–water partition coefficient (Wildman–Crippen LogP) is 5.51. The summed E-state index contributed by atoms with van der Waals surface area (Å²) in [5, 5.41) is 14.7. The highest BCUT2D eigenvalue weighted by molar-refractivity contribution is 5.96. The van der Waals surface area contributed by atoms with Crippen LogP contribution in [-0.2, 0) is 4.79 Å². The van der Waals surface area contributed by atoms with Crippen molar-refractivity contribution in [2.45, 2.75) is 6.92 Å². The second-order valence-corrected chi connectivity index (χ2v) is 8.59.